The first-order valence-electron chi connectivity index (χ1n) is 7.52. The Kier molecular flexibility index (Phi) is 5.75. The van der Waals surface area contributed by atoms with Gasteiger partial charge in [0.15, 0.2) is 6.61 Å². The zero-order valence-electron chi connectivity index (χ0n) is 12.8. The molecule has 120 valence electrons. The van der Waals surface area contributed by atoms with Crippen molar-refractivity contribution in [2.75, 3.05) is 19.7 Å². The smallest absolute Gasteiger partial charge is 0.264 e. The topological polar surface area (TPSA) is 96.4 Å². The molecule has 1 aliphatic rings. The number of piperidine rings is 1. The molecule has 0 saturated carbocycles. The first-order valence-corrected chi connectivity index (χ1v) is 7.52. The average molecular weight is 313 g/mol. The number of benzene rings is 1. The third kappa shape index (κ3) is 4.85. The normalized spacial score (nSPS) is 14.9. The van der Waals surface area contributed by atoms with E-state index in [-0.39, 0.29) is 18.1 Å². The molecule has 0 atom stereocenters. The predicted molar refractivity (Wildman–Crippen MR) is 85.2 cm³/mol. The number of likely N-dealkylation sites (tertiary alicyclic amines) is 1. The molecule has 6 heteroatoms. The highest BCUT2D eigenvalue weighted by molar-refractivity contribution is 6.01. The lowest BCUT2D eigenvalue weighted by Crippen LogP contribution is -2.36. The van der Waals surface area contributed by atoms with Crippen LogP contribution in [0.4, 0.5) is 0 Å². The van der Waals surface area contributed by atoms with Gasteiger partial charge in [-0.05, 0) is 43.0 Å². The molecule has 2 N–H and O–H groups in total. The third-order valence-corrected chi connectivity index (χ3v) is 3.57. The fourth-order valence-corrected chi connectivity index (χ4v) is 2.39. The second kappa shape index (κ2) is 7.99. The number of hydrogen-bond donors (Lipinski definition) is 1. The quantitative estimate of drug-likeness (QED) is 0.657. The number of primary amides is 1. The SMILES string of the molecule is N#CC(=Cc1ccc(OCC(N)=O)cc1)C(=O)N1CCCCC1. The second-order valence-electron chi connectivity index (χ2n) is 5.35. The number of nitrogens with zero attached hydrogens (tertiary/aromatic N) is 2. The lowest BCUT2D eigenvalue weighted by molar-refractivity contribution is -0.127. The molecule has 1 aromatic carbocycles. The Balaban J connectivity index is 2.06. The van der Waals surface area contributed by atoms with Crippen molar-refractivity contribution < 1.29 is 14.3 Å². The van der Waals surface area contributed by atoms with Gasteiger partial charge < -0.3 is 15.4 Å². The zero-order valence-corrected chi connectivity index (χ0v) is 12.8. The van der Waals surface area contributed by atoms with E-state index in [0.29, 0.717) is 18.8 Å². The van der Waals surface area contributed by atoms with Crippen LogP contribution in [-0.4, -0.2) is 36.4 Å². The molecule has 2 amide bonds. The van der Waals surface area contributed by atoms with Crippen molar-refractivity contribution in [2.45, 2.75) is 19.3 Å². The number of rotatable bonds is 5. The van der Waals surface area contributed by atoms with E-state index in [9.17, 15) is 14.9 Å². The molecule has 2 rings (SSSR count). The summed E-state index contributed by atoms with van der Waals surface area (Å²) < 4.78 is 5.16. The number of carbonyl (C=O) groups excluding carboxylic acids is 2. The second-order valence-corrected chi connectivity index (χ2v) is 5.35. The summed E-state index contributed by atoms with van der Waals surface area (Å²) in [5.41, 5.74) is 5.85. The predicted octanol–water partition coefficient (Wildman–Crippen LogP) is 1.47. The standard InChI is InChI=1S/C17H19N3O3/c18-11-14(17(22)20-8-2-1-3-9-20)10-13-4-6-15(7-5-13)23-12-16(19)21/h4-7,10H,1-3,8-9,12H2,(H2,19,21). The molecule has 0 aromatic heterocycles. The van der Waals surface area contributed by atoms with Gasteiger partial charge in [0.1, 0.15) is 17.4 Å². The maximum Gasteiger partial charge on any atom is 0.264 e. The van der Waals surface area contributed by atoms with E-state index in [1.807, 2.05) is 6.07 Å². The summed E-state index contributed by atoms with van der Waals surface area (Å²) in [5.74, 6) is -0.268. The molecule has 23 heavy (non-hydrogen) atoms. The minimum absolute atomic E-state index is 0.123. The summed E-state index contributed by atoms with van der Waals surface area (Å²) in [6.07, 6.45) is 4.66. The van der Waals surface area contributed by atoms with Gasteiger partial charge in [0, 0.05) is 13.1 Å². The van der Waals surface area contributed by atoms with Gasteiger partial charge in [-0.25, -0.2) is 0 Å². The van der Waals surface area contributed by atoms with Crippen molar-refractivity contribution >= 4 is 17.9 Å². The molecule has 0 spiro atoms. The monoisotopic (exact) mass is 313 g/mol. The summed E-state index contributed by atoms with van der Waals surface area (Å²) in [6.45, 7) is 1.22. The average Bonchev–Trinajstić information content (AvgIpc) is 2.59. The summed E-state index contributed by atoms with van der Waals surface area (Å²) in [7, 11) is 0. The molecular formula is C17H19N3O3. The zero-order chi connectivity index (χ0) is 16.7. The van der Waals surface area contributed by atoms with E-state index in [1.54, 1.807) is 35.2 Å². The number of amides is 2. The number of nitrogens with two attached hydrogens (primary N) is 1. The third-order valence-electron chi connectivity index (χ3n) is 3.57. The van der Waals surface area contributed by atoms with Crippen LogP contribution in [0.2, 0.25) is 0 Å². The highest BCUT2D eigenvalue weighted by Gasteiger charge is 2.20. The molecule has 0 radical (unpaired) electrons. The Hall–Kier alpha value is -2.81. The van der Waals surface area contributed by atoms with Gasteiger partial charge in [-0.3, -0.25) is 9.59 Å². The Morgan fingerprint density at radius 3 is 2.43 bits per heavy atom. The van der Waals surface area contributed by atoms with E-state index in [2.05, 4.69) is 0 Å². The molecule has 1 aliphatic heterocycles. The molecule has 0 aliphatic carbocycles. The summed E-state index contributed by atoms with van der Waals surface area (Å²) in [4.78, 5) is 24.7. The Bertz CT molecular complexity index is 638. The Morgan fingerprint density at radius 2 is 1.87 bits per heavy atom. The summed E-state index contributed by atoms with van der Waals surface area (Å²) in [5, 5.41) is 9.25. The minimum Gasteiger partial charge on any atom is -0.484 e. The largest absolute Gasteiger partial charge is 0.484 e. The highest BCUT2D eigenvalue weighted by atomic mass is 16.5. The van der Waals surface area contributed by atoms with Crippen molar-refractivity contribution in [3.8, 4) is 11.8 Å². The van der Waals surface area contributed by atoms with Crippen molar-refractivity contribution in [3.05, 3.63) is 35.4 Å². The highest BCUT2D eigenvalue weighted by Crippen LogP contribution is 2.17. The molecule has 0 unspecified atom stereocenters. The van der Waals surface area contributed by atoms with Crippen molar-refractivity contribution in [3.63, 3.8) is 0 Å². The van der Waals surface area contributed by atoms with Gasteiger partial charge in [0.2, 0.25) is 0 Å². The summed E-state index contributed by atoms with van der Waals surface area (Å²) in [6, 6.07) is 8.74. The molecule has 1 saturated heterocycles. The Morgan fingerprint density at radius 1 is 1.22 bits per heavy atom. The molecule has 1 heterocycles. The van der Waals surface area contributed by atoms with E-state index >= 15 is 0 Å². The van der Waals surface area contributed by atoms with Crippen LogP contribution in [-0.2, 0) is 9.59 Å². The van der Waals surface area contributed by atoms with E-state index in [1.165, 1.54) is 0 Å². The van der Waals surface area contributed by atoms with Crippen LogP contribution in [0.1, 0.15) is 24.8 Å². The van der Waals surface area contributed by atoms with Crippen LogP contribution in [0.15, 0.2) is 29.8 Å². The maximum atomic E-state index is 12.3. The van der Waals surface area contributed by atoms with Gasteiger partial charge in [0.05, 0.1) is 0 Å². The van der Waals surface area contributed by atoms with Crippen LogP contribution < -0.4 is 10.5 Å². The van der Waals surface area contributed by atoms with Crippen molar-refractivity contribution in [2.24, 2.45) is 5.73 Å². The van der Waals surface area contributed by atoms with Crippen LogP contribution in [0, 0.1) is 11.3 Å². The lowest BCUT2D eigenvalue weighted by atomic mass is 10.1. The Labute approximate surface area is 135 Å². The number of nitriles is 1. The molecule has 1 fully saturated rings. The van der Waals surface area contributed by atoms with Gasteiger partial charge in [-0.15, -0.1) is 0 Å². The lowest BCUT2D eigenvalue weighted by Gasteiger charge is -2.26. The van der Waals surface area contributed by atoms with Gasteiger partial charge in [0.25, 0.3) is 11.8 Å². The molecular weight excluding hydrogens is 294 g/mol. The molecule has 0 bridgehead atoms. The maximum absolute atomic E-state index is 12.3. The van der Waals surface area contributed by atoms with Crippen molar-refractivity contribution in [1.29, 1.82) is 5.26 Å². The van der Waals surface area contributed by atoms with Crippen LogP contribution in [0.3, 0.4) is 0 Å². The van der Waals surface area contributed by atoms with Crippen LogP contribution in [0.5, 0.6) is 5.75 Å². The van der Waals surface area contributed by atoms with Crippen LogP contribution in [0.25, 0.3) is 6.08 Å². The summed E-state index contributed by atoms with van der Waals surface area (Å²) >= 11 is 0. The van der Waals surface area contributed by atoms with Crippen molar-refractivity contribution in [1.82, 2.24) is 4.90 Å². The minimum atomic E-state index is -0.548. The number of ether oxygens (including phenoxy) is 1. The number of carbonyl (C=O) groups is 2. The fraction of sp³-hybridized carbons (Fsp3) is 0.353. The van der Waals surface area contributed by atoms with Crippen LogP contribution >= 0.6 is 0 Å². The fourth-order valence-electron chi connectivity index (χ4n) is 2.39. The van der Waals surface area contributed by atoms with E-state index < -0.39 is 5.91 Å². The molecule has 6 nitrogen and oxygen atoms in total. The van der Waals surface area contributed by atoms with Gasteiger partial charge >= 0.3 is 0 Å². The van der Waals surface area contributed by atoms with Gasteiger partial charge in [-0.2, -0.15) is 5.26 Å². The van der Waals surface area contributed by atoms with Gasteiger partial charge in [-0.1, -0.05) is 12.1 Å². The first kappa shape index (κ1) is 16.6. The first-order chi connectivity index (χ1) is 11.1. The number of hydrogen-bond acceptors (Lipinski definition) is 4. The molecule has 1 aromatic rings. The van der Waals surface area contributed by atoms with E-state index in [0.717, 1.165) is 24.8 Å². The van der Waals surface area contributed by atoms with E-state index in [4.69, 9.17) is 10.5 Å².